The van der Waals surface area contributed by atoms with Gasteiger partial charge in [0.15, 0.2) is 0 Å². The third-order valence-corrected chi connectivity index (χ3v) is 4.83. The molecule has 1 unspecified atom stereocenters. The fourth-order valence-electron chi connectivity index (χ4n) is 1.47. The number of thiol groups is 2. The summed E-state index contributed by atoms with van der Waals surface area (Å²) >= 11 is 4.36. The van der Waals surface area contributed by atoms with Crippen LogP contribution in [0.1, 0.15) is 26.3 Å². The molecule has 0 aliphatic carbocycles. The van der Waals surface area contributed by atoms with E-state index in [1.165, 1.54) is 0 Å². The van der Waals surface area contributed by atoms with E-state index in [9.17, 15) is 4.79 Å². The number of aromatic nitrogens is 1. The summed E-state index contributed by atoms with van der Waals surface area (Å²) in [6.07, 6.45) is 3.39. The molecule has 0 saturated carbocycles. The highest BCUT2D eigenvalue weighted by atomic mass is 32.2. The van der Waals surface area contributed by atoms with Crippen molar-refractivity contribution in [3.63, 3.8) is 0 Å². The second-order valence-corrected chi connectivity index (χ2v) is 7.89. The zero-order valence-electron chi connectivity index (χ0n) is 11.6. The van der Waals surface area contributed by atoms with Crippen LogP contribution in [0, 0.1) is 0 Å². The first kappa shape index (κ1) is 16.3. The standard InChI is InChI=1S/C13H22N2O2S2/c1-13(2,3)17-12(16)19(7-5-14)9-10-4-6-15-8-11(10)18/h4,6,8,18-19H,5,7,9,14H2,1-3H3. The molecule has 1 atom stereocenters. The molecule has 1 rings (SSSR count). The van der Waals surface area contributed by atoms with E-state index in [-0.39, 0.29) is 5.30 Å². The third kappa shape index (κ3) is 5.84. The van der Waals surface area contributed by atoms with Crippen LogP contribution in [0.15, 0.2) is 23.4 Å². The quantitative estimate of drug-likeness (QED) is 0.591. The largest absolute Gasteiger partial charge is 0.453 e. The number of rotatable bonds is 4. The first-order valence-electron chi connectivity index (χ1n) is 6.13. The normalized spacial score (nSPS) is 14.1. The van der Waals surface area contributed by atoms with Crippen molar-refractivity contribution in [2.75, 3.05) is 12.3 Å². The average molecular weight is 302 g/mol. The minimum atomic E-state index is -0.942. The van der Waals surface area contributed by atoms with Gasteiger partial charge in [-0.1, -0.05) is 0 Å². The van der Waals surface area contributed by atoms with Gasteiger partial charge in [-0.25, -0.2) is 4.79 Å². The number of hydrogen-bond donors (Lipinski definition) is 3. The number of carbonyl (C=O) groups excluding carboxylic acids is 1. The number of nitrogens with zero attached hydrogens (tertiary/aromatic N) is 1. The Labute approximate surface area is 122 Å². The fraction of sp³-hybridized carbons (Fsp3) is 0.538. The summed E-state index contributed by atoms with van der Waals surface area (Å²) in [6.45, 7) is 6.10. The van der Waals surface area contributed by atoms with Gasteiger partial charge in [0.2, 0.25) is 0 Å². The molecule has 1 heterocycles. The molecule has 0 radical (unpaired) electrons. The Kier molecular flexibility index (Phi) is 6.16. The number of hydrogen-bond acceptors (Lipinski definition) is 5. The van der Waals surface area contributed by atoms with Crippen molar-refractivity contribution in [1.29, 1.82) is 0 Å². The Balaban J connectivity index is 2.78. The lowest BCUT2D eigenvalue weighted by molar-refractivity contribution is 0.0733. The van der Waals surface area contributed by atoms with Crippen molar-refractivity contribution in [2.24, 2.45) is 5.73 Å². The average Bonchev–Trinajstić information content (AvgIpc) is 2.29. The summed E-state index contributed by atoms with van der Waals surface area (Å²) in [5, 5.41) is -0.141. The number of nitrogens with two attached hydrogens (primary N) is 1. The Morgan fingerprint density at radius 1 is 1.53 bits per heavy atom. The van der Waals surface area contributed by atoms with Gasteiger partial charge >= 0.3 is 5.30 Å². The second-order valence-electron chi connectivity index (χ2n) is 5.19. The van der Waals surface area contributed by atoms with Gasteiger partial charge in [-0.15, -0.1) is 12.6 Å². The van der Waals surface area contributed by atoms with Crippen molar-refractivity contribution >= 4 is 28.8 Å². The van der Waals surface area contributed by atoms with Crippen LogP contribution in [0.4, 0.5) is 4.79 Å². The van der Waals surface area contributed by atoms with Gasteiger partial charge in [-0.2, -0.15) is 10.9 Å². The maximum absolute atomic E-state index is 12.2. The highest BCUT2D eigenvalue weighted by Crippen LogP contribution is 2.35. The predicted octanol–water partition coefficient (Wildman–Crippen LogP) is 2.77. The number of pyridine rings is 1. The monoisotopic (exact) mass is 302 g/mol. The van der Waals surface area contributed by atoms with Gasteiger partial charge in [0.05, 0.1) is 0 Å². The summed E-state index contributed by atoms with van der Waals surface area (Å²) in [6, 6.07) is 1.89. The molecule has 2 N–H and O–H groups in total. The van der Waals surface area contributed by atoms with Crippen LogP contribution >= 0.6 is 23.5 Å². The lowest BCUT2D eigenvalue weighted by Gasteiger charge is -2.26. The molecule has 0 amide bonds. The molecular weight excluding hydrogens is 280 g/mol. The van der Waals surface area contributed by atoms with Crippen LogP contribution in [0.5, 0.6) is 0 Å². The third-order valence-electron chi connectivity index (χ3n) is 2.30. The van der Waals surface area contributed by atoms with Crippen molar-refractivity contribution < 1.29 is 9.53 Å². The maximum atomic E-state index is 12.2. The van der Waals surface area contributed by atoms with E-state index in [1.807, 2.05) is 26.8 Å². The van der Waals surface area contributed by atoms with Crippen molar-refractivity contribution in [1.82, 2.24) is 4.98 Å². The van der Waals surface area contributed by atoms with Gasteiger partial charge in [-0.05, 0) is 38.2 Å². The summed E-state index contributed by atoms with van der Waals surface area (Å²) in [7, 11) is -0.942. The molecule has 1 aromatic heterocycles. The van der Waals surface area contributed by atoms with E-state index in [4.69, 9.17) is 10.5 Å². The first-order valence-corrected chi connectivity index (χ1v) is 8.29. The lowest BCUT2D eigenvalue weighted by Crippen LogP contribution is -2.25. The molecular formula is C13H22N2O2S2. The zero-order chi connectivity index (χ0) is 14.5. The van der Waals surface area contributed by atoms with E-state index in [0.717, 1.165) is 10.5 Å². The smallest absolute Gasteiger partial charge is 0.347 e. The first-order chi connectivity index (χ1) is 8.83. The molecule has 0 bridgehead atoms. The summed E-state index contributed by atoms with van der Waals surface area (Å²) < 4.78 is 5.46. The van der Waals surface area contributed by atoms with Gasteiger partial charge in [0.25, 0.3) is 0 Å². The highest BCUT2D eigenvalue weighted by molar-refractivity contribution is 8.28. The zero-order valence-corrected chi connectivity index (χ0v) is 13.4. The van der Waals surface area contributed by atoms with E-state index < -0.39 is 16.5 Å². The summed E-state index contributed by atoms with van der Waals surface area (Å²) in [5.41, 5.74) is 6.15. The van der Waals surface area contributed by atoms with Crippen LogP contribution in [-0.2, 0) is 10.5 Å². The van der Waals surface area contributed by atoms with Gasteiger partial charge in [0, 0.05) is 29.6 Å². The Morgan fingerprint density at radius 2 is 2.21 bits per heavy atom. The number of carbonyl (C=O) groups is 1. The van der Waals surface area contributed by atoms with Crippen LogP contribution in [0.25, 0.3) is 0 Å². The Bertz CT molecular complexity index is 433. The Hall–Kier alpha value is -0.720. The molecule has 4 nitrogen and oxygen atoms in total. The number of ether oxygens (including phenoxy) is 1. The van der Waals surface area contributed by atoms with E-state index >= 15 is 0 Å². The van der Waals surface area contributed by atoms with Crippen LogP contribution in [0.3, 0.4) is 0 Å². The molecule has 19 heavy (non-hydrogen) atoms. The van der Waals surface area contributed by atoms with Crippen LogP contribution < -0.4 is 5.73 Å². The molecule has 108 valence electrons. The molecule has 0 fully saturated rings. The summed E-state index contributed by atoms with van der Waals surface area (Å²) in [5.74, 6) is 1.31. The molecule has 0 saturated heterocycles. The van der Waals surface area contributed by atoms with E-state index in [1.54, 1.807) is 12.4 Å². The fourth-order valence-corrected chi connectivity index (χ4v) is 3.69. The van der Waals surface area contributed by atoms with Gasteiger partial charge < -0.3 is 10.5 Å². The SMILES string of the molecule is CC(C)(C)OC(=O)[SH](CCN)Cc1ccncc1S. The lowest BCUT2D eigenvalue weighted by atomic mass is 10.2. The van der Waals surface area contributed by atoms with Gasteiger partial charge in [0.1, 0.15) is 5.60 Å². The van der Waals surface area contributed by atoms with Crippen molar-refractivity contribution in [3.05, 3.63) is 24.0 Å². The molecule has 0 aromatic carbocycles. The predicted molar refractivity (Wildman–Crippen MR) is 84.3 cm³/mol. The van der Waals surface area contributed by atoms with Crippen molar-refractivity contribution in [3.8, 4) is 0 Å². The van der Waals surface area contributed by atoms with Crippen LogP contribution in [-0.4, -0.2) is 28.2 Å². The molecule has 1 aromatic rings. The molecule has 0 spiro atoms. The highest BCUT2D eigenvalue weighted by Gasteiger charge is 2.22. The van der Waals surface area contributed by atoms with E-state index in [2.05, 4.69) is 17.6 Å². The Morgan fingerprint density at radius 3 is 2.74 bits per heavy atom. The van der Waals surface area contributed by atoms with E-state index in [0.29, 0.717) is 18.1 Å². The summed E-state index contributed by atoms with van der Waals surface area (Å²) in [4.78, 5) is 17.0. The van der Waals surface area contributed by atoms with Crippen LogP contribution in [0.2, 0.25) is 0 Å². The minimum Gasteiger partial charge on any atom is -0.453 e. The second kappa shape index (κ2) is 7.17. The molecule has 0 aliphatic rings. The minimum absolute atomic E-state index is 0.141. The maximum Gasteiger partial charge on any atom is 0.347 e. The topological polar surface area (TPSA) is 65.2 Å². The molecule has 0 aliphatic heterocycles. The van der Waals surface area contributed by atoms with Crippen molar-refractivity contribution in [2.45, 2.75) is 37.0 Å². The molecule has 6 heteroatoms. The van der Waals surface area contributed by atoms with Gasteiger partial charge in [-0.3, -0.25) is 4.98 Å².